The average molecular weight is 391 g/mol. The second-order valence-electron chi connectivity index (χ2n) is 6.27. The van der Waals surface area contributed by atoms with Crippen LogP contribution in [0, 0.1) is 10.1 Å². The minimum atomic E-state index is -0.718. The van der Waals surface area contributed by atoms with Gasteiger partial charge in [-0.25, -0.2) is 0 Å². The van der Waals surface area contributed by atoms with E-state index in [-0.39, 0.29) is 16.6 Å². The minimum absolute atomic E-state index is 0.0174. The number of rotatable bonds is 8. The monoisotopic (exact) mass is 390 g/mol. The molecule has 0 bridgehead atoms. The number of hydrogen-bond donors (Lipinski definition) is 1. The van der Waals surface area contributed by atoms with Crippen molar-refractivity contribution in [1.82, 2.24) is 0 Å². The Kier molecular flexibility index (Phi) is 7.19. The van der Waals surface area contributed by atoms with Crippen molar-refractivity contribution in [3.63, 3.8) is 0 Å². The molecule has 0 spiro atoms. The van der Waals surface area contributed by atoms with Gasteiger partial charge in [0, 0.05) is 11.8 Å². The van der Waals surface area contributed by atoms with Crippen LogP contribution >= 0.6 is 11.6 Å². The van der Waals surface area contributed by atoms with Crippen LogP contribution in [0.25, 0.3) is 0 Å². The highest BCUT2D eigenvalue weighted by atomic mass is 35.5. The van der Waals surface area contributed by atoms with Crippen molar-refractivity contribution in [2.24, 2.45) is 0 Å². The van der Waals surface area contributed by atoms with Gasteiger partial charge in [-0.05, 0) is 42.5 Å². The zero-order valence-electron chi connectivity index (χ0n) is 15.6. The Balaban J connectivity index is 2.18. The Hall–Kier alpha value is -2.60. The van der Waals surface area contributed by atoms with E-state index in [0.29, 0.717) is 23.8 Å². The fourth-order valence-electron chi connectivity index (χ4n) is 2.64. The molecule has 0 aliphatic carbocycles. The largest absolute Gasteiger partial charge is 0.480 e. The van der Waals surface area contributed by atoms with Gasteiger partial charge in [0.2, 0.25) is 0 Å². The summed E-state index contributed by atoms with van der Waals surface area (Å²) in [6.07, 6.45) is 0.693. The lowest BCUT2D eigenvalue weighted by Crippen LogP contribution is -2.32. The third-order valence-electron chi connectivity index (χ3n) is 4.41. The second-order valence-corrected chi connectivity index (χ2v) is 6.68. The van der Waals surface area contributed by atoms with Crippen molar-refractivity contribution >= 4 is 28.9 Å². The number of nitrogens with zero attached hydrogens (tertiary/aromatic N) is 1. The molecule has 0 heterocycles. The Bertz CT molecular complexity index is 825. The first-order valence-corrected chi connectivity index (χ1v) is 9.25. The maximum absolute atomic E-state index is 12.6. The van der Waals surface area contributed by atoms with Gasteiger partial charge in [-0.3, -0.25) is 14.9 Å². The number of nitrogens with one attached hydrogen (secondary N) is 1. The molecule has 0 aromatic heterocycles. The smallest absolute Gasteiger partial charge is 0.289 e. The Labute approximate surface area is 163 Å². The van der Waals surface area contributed by atoms with Crippen LogP contribution in [0.5, 0.6) is 5.75 Å². The van der Waals surface area contributed by atoms with Gasteiger partial charge in [-0.15, -0.1) is 0 Å². The summed E-state index contributed by atoms with van der Waals surface area (Å²) in [7, 11) is 0. The number of carbonyl (C=O) groups excluding carboxylic acids is 1. The highest BCUT2D eigenvalue weighted by molar-refractivity contribution is 6.32. The van der Waals surface area contributed by atoms with Crippen molar-refractivity contribution in [2.45, 2.75) is 45.6 Å². The molecule has 7 heteroatoms. The maximum atomic E-state index is 12.6. The molecule has 0 saturated heterocycles. The molecule has 0 saturated carbocycles. The summed E-state index contributed by atoms with van der Waals surface area (Å²) in [5.74, 6) is 0.615. The van der Waals surface area contributed by atoms with Crippen LogP contribution < -0.4 is 10.1 Å². The van der Waals surface area contributed by atoms with Gasteiger partial charge in [0.1, 0.15) is 10.8 Å². The molecule has 2 aromatic carbocycles. The zero-order valence-corrected chi connectivity index (χ0v) is 16.3. The van der Waals surface area contributed by atoms with Crippen LogP contribution in [0.4, 0.5) is 11.4 Å². The van der Waals surface area contributed by atoms with E-state index in [1.165, 1.54) is 18.2 Å². The lowest BCUT2D eigenvalue weighted by Gasteiger charge is -2.21. The normalized spacial score (nSPS) is 12.9. The van der Waals surface area contributed by atoms with Gasteiger partial charge in [-0.1, -0.05) is 50.6 Å². The molecule has 144 valence electrons. The predicted octanol–water partition coefficient (Wildman–Crippen LogP) is 5.56. The topological polar surface area (TPSA) is 81.5 Å². The number of para-hydroxylation sites is 1. The highest BCUT2D eigenvalue weighted by Gasteiger charge is 2.22. The molecule has 0 aliphatic rings. The molecule has 6 nitrogen and oxygen atoms in total. The van der Waals surface area contributed by atoms with E-state index in [4.69, 9.17) is 16.3 Å². The van der Waals surface area contributed by atoms with Gasteiger partial charge in [0.15, 0.2) is 6.10 Å². The summed E-state index contributed by atoms with van der Waals surface area (Å²) in [4.78, 5) is 23.0. The summed E-state index contributed by atoms with van der Waals surface area (Å²) < 4.78 is 5.98. The molecule has 0 aliphatic heterocycles. The lowest BCUT2D eigenvalue weighted by atomic mass is 9.98. The van der Waals surface area contributed by atoms with Gasteiger partial charge < -0.3 is 10.1 Å². The van der Waals surface area contributed by atoms with Gasteiger partial charge >= 0.3 is 0 Å². The van der Waals surface area contributed by atoms with E-state index in [1.54, 1.807) is 0 Å². The first-order chi connectivity index (χ1) is 12.9. The fourth-order valence-corrected chi connectivity index (χ4v) is 2.83. The van der Waals surface area contributed by atoms with Crippen molar-refractivity contribution in [3.8, 4) is 5.75 Å². The third kappa shape index (κ3) is 5.20. The molecular formula is C20H23ClN2O4. The number of nitro groups is 1. The average Bonchev–Trinajstić information content (AvgIpc) is 2.66. The minimum Gasteiger partial charge on any atom is -0.480 e. The van der Waals surface area contributed by atoms with Crippen molar-refractivity contribution in [1.29, 1.82) is 0 Å². The van der Waals surface area contributed by atoms with E-state index in [2.05, 4.69) is 19.2 Å². The molecule has 2 atom stereocenters. The number of amides is 1. The number of benzene rings is 2. The summed E-state index contributed by atoms with van der Waals surface area (Å²) in [6, 6.07) is 11.8. The van der Waals surface area contributed by atoms with Gasteiger partial charge in [0.25, 0.3) is 11.6 Å². The van der Waals surface area contributed by atoms with E-state index < -0.39 is 11.0 Å². The molecule has 0 radical (unpaired) electrons. The van der Waals surface area contributed by atoms with Gasteiger partial charge in [0.05, 0.1) is 4.92 Å². The van der Waals surface area contributed by atoms with E-state index in [1.807, 2.05) is 31.2 Å². The van der Waals surface area contributed by atoms with Crippen molar-refractivity contribution < 1.29 is 14.5 Å². The van der Waals surface area contributed by atoms with Crippen LogP contribution in [0.2, 0.25) is 5.02 Å². The second kappa shape index (κ2) is 9.37. The number of hydrogen-bond acceptors (Lipinski definition) is 4. The summed E-state index contributed by atoms with van der Waals surface area (Å²) in [5.41, 5.74) is 1.09. The molecule has 1 N–H and O–H groups in total. The standard InChI is InChI=1S/C20H23ClN2O4/c1-4-13(3)15-8-6-7-9-19(15)27-18(5-2)20(24)22-14-10-11-16(21)17(12-14)23(25)26/h6-13,18H,4-5H2,1-3H3,(H,22,24). The quantitative estimate of drug-likeness (QED) is 0.472. The Morgan fingerprint density at radius 2 is 1.93 bits per heavy atom. The summed E-state index contributed by atoms with van der Waals surface area (Å²) in [6.45, 7) is 6.05. The van der Waals surface area contributed by atoms with Crippen LogP contribution in [-0.2, 0) is 4.79 Å². The number of carbonyl (C=O) groups is 1. The van der Waals surface area contributed by atoms with Crippen LogP contribution in [0.1, 0.15) is 45.1 Å². The van der Waals surface area contributed by atoms with Crippen LogP contribution in [-0.4, -0.2) is 16.9 Å². The van der Waals surface area contributed by atoms with Crippen LogP contribution in [0.15, 0.2) is 42.5 Å². The number of nitro benzene ring substituents is 1. The number of halogens is 1. The van der Waals surface area contributed by atoms with E-state index in [9.17, 15) is 14.9 Å². The molecule has 1 amide bonds. The molecule has 27 heavy (non-hydrogen) atoms. The first-order valence-electron chi connectivity index (χ1n) is 8.87. The fraction of sp³-hybridized carbons (Fsp3) is 0.350. The molecule has 2 rings (SSSR count). The van der Waals surface area contributed by atoms with Crippen molar-refractivity contribution in [2.75, 3.05) is 5.32 Å². The van der Waals surface area contributed by atoms with Crippen LogP contribution in [0.3, 0.4) is 0 Å². The predicted molar refractivity (Wildman–Crippen MR) is 107 cm³/mol. The molecule has 2 unspecified atom stereocenters. The Morgan fingerprint density at radius 3 is 2.56 bits per heavy atom. The first kappa shape index (κ1) is 20.7. The molecule has 0 fully saturated rings. The lowest BCUT2D eigenvalue weighted by molar-refractivity contribution is -0.384. The van der Waals surface area contributed by atoms with E-state index in [0.717, 1.165) is 12.0 Å². The molecular weight excluding hydrogens is 368 g/mol. The summed E-state index contributed by atoms with van der Waals surface area (Å²) in [5, 5.41) is 13.7. The van der Waals surface area contributed by atoms with Crippen molar-refractivity contribution in [3.05, 3.63) is 63.2 Å². The number of ether oxygens (including phenoxy) is 1. The number of anilines is 1. The Morgan fingerprint density at radius 1 is 1.22 bits per heavy atom. The zero-order chi connectivity index (χ0) is 20.0. The maximum Gasteiger partial charge on any atom is 0.289 e. The highest BCUT2D eigenvalue weighted by Crippen LogP contribution is 2.30. The molecule has 2 aromatic rings. The third-order valence-corrected chi connectivity index (χ3v) is 4.72. The summed E-state index contributed by atoms with van der Waals surface area (Å²) >= 11 is 5.81. The van der Waals surface area contributed by atoms with E-state index >= 15 is 0 Å². The van der Waals surface area contributed by atoms with Gasteiger partial charge in [-0.2, -0.15) is 0 Å². The SMILES string of the molecule is CCC(Oc1ccccc1C(C)CC)C(=O)Nc1ccc(Cl)c([N+](=O)[O-])c1.